The summed E-state index contributed by atoms with van der Waals surface area (Å²) >= 11 is 0. The van der Waals surface area contributed by atoms with Gasteiger partial charge in [0, 0.05) is 13.5 Å². The first-order valence-corrected chi connectivity index (χ1v) is 12.8. The number of carbonyl (C=O) groups excluding carboxylic acids is 1. The van der Waals surface area contributed by atoms with Crippen molar-refractivity contribution in [2.24, 2.45) is 11.8 Å². The maximum absolute atomic E-state index is 13.2. The fourth-order valence-corrected chi connectivity index (χ4v) is 5.08. The van der Waals surface area contributed by atoms with Gasteiger partial charge in [-0.2, -0.15) is 0 Å². The van der Waals surface area contributed by atoms with Gasteiger partial charge >= 0.3 is 5.97 Å². The molecule has 0 aliphatic heterocycles. The molecule has 0 aromatic heterocycles. The van der Waals surface area contributed by atoms with Gasteiger partial charge in [0.1, 0.15) is 11.9 Å². The van der Waals surface area contributed by atoms with E-state index in [2.05, 4.69) is 38.1 Å². The number of hydrogen-bond donors (Lipinski definition) is 0. The second-order valence-electron chi connectivity index (χ2n) is 9.21. The van der Waals surface area contributed by atoms with Crippen molar-refractivity contribution in [1.82, 2.24) is 0 Å². The molecule has 0 bridgehead atoms. The van der Waals surface area contributed by atoms with Crippen molar-refractivity contribution < 1.29 is 18.8 Å². The topological polar surface area (TPSA) is 52.6 Å². The summed E-state index contributed by atoms with van der Waals surface area (Å²) in [5.41, 5.74) is 4.37. The molecule has 3 aromatic rings. The van der Waals surface area contributed by atoms with Crippen LogP contribution < -0.4 is 0 Å². The molecule has 0 aliphatic rings. The minimum atomic E-state index is -1.39. The van der Waals surface area contributed by atoms with Crippen LogP contribution in [-0.4, -0.2) is 18.4 Å². The maximum Gasteiger partial charge on any atom is 0.312 e. The lowest BCUT2D eigenvalue weighted by Crippen LogP contribution is -2.43. The van der Waals surface area contributed by atoms with E-state index >= 15 is 0 Å². The number of carbonyl (C=O) groups is 1. The fourth-order valence-electron chi connectivity index (χ4n) is 4.23. The average Bonchev–Trinajstić information content (AvgIpc) is 2.87. The highest BCUT2D eigenvalue weighted by Crippen LogP contribution is 2.40. The van der Waals surface area contributed by atoms with Crippen LogP contribution in [0.1, 0.15) is 42.5 Å². The van der Waals surface area contributed by atoms with Crippen molar-refractivity contribution in [2.45, 2.75) is 45.1 Å². The summed E-state index contributed by atoms with van der Waals surface area (Å²) in [6, 6.07) is 28.2. The molecule has 3 atom stereocenters. The van der Waals surface area contributed by atoms with E-state index in [1.54, 1.807) is 7.11 Å². The smallest absolute Gasteiger partial charge is 0.312 e. The number of hydrogen-bond acceptors (Lipinski definition) is 4. The van der Waals surface area contributed by atoms with E-state index in [-0.39, 0.29) is 18.5 Å². The molecule has 0 radical (unpaired) electrons. The third-order valence-electron chi connectivity index (χ3n) is 6.14. The van der Waals surface area contributed by atoms with Crippen LogP contribution in [0.4, 0.5) is 0 Å². The standard InChI is InChI=1S/C29H35O4P/c1-22(2)18-27(28(30)33-21-26-12-8-5-9-13-26)29(32-3,34-31)20-25-16-14-24(15-17-25)19-23-10-6-4-7-11-23/h4-17,22,27H,18-21,34H2,1-3H3. The molecule has 0 fully saturated rings. The summed E-state index contributed by atoms with van der Waals surface area (Å²) in [6.45, 7) is 4.29. The summed E-state index contributed by atoms with van der Waals surface area (Å²) in [7, 11) is 0.161. The first-order chi connectivity index (χ1) is 16.5. The SMILES string of the molecule is COC(Cc1ccc(Cc2ccccc2)cc1)([PH2]=O)C(CC(C)C)C(=O)OCc1ccccc1. The van der Waals surface area contributed by atoms with Gasteiger partial charge in [0.25, 0.3) is 0 Å². The second kappa shape index (κ2) is 12.7. The second-order valence-corrected chi connectivity index (χ2v) is 10.4. The van der Waals surface area contributed by atoms with E-state index in [4.69, 9.17) is 9.47 Å². The minimum absolute atomic E-state index is 0.191. The van der Waals surface area contributed by atoms with Crippen LogP contribution in [0.15, 0.2) is 84.9 Å². The third kappa shape index (κ3) is 7.16. The lowest BCUT2D eigenvalue weighted by molar-refractivity contribution is -0.158. The van der Waals surface area contributed by atoms with E-state index in [1.807, 2.05) is 60.7 Å². The van der Waals surface area contributed by atoms with Crippen LogP contribution in [-0.2, 0) is 38.3 Å². The molecule has 0 saturated heterocycles. The summed E-state index contributed by atoms with van der Waals surface area (Å²) in [5, 5.41) is -1.08. The Kier molecular flexibility index (Phi) is 9.68. The summed E-state index contributed by atoms with van der Waals surface area (Å²) in [6.07, 6.45) is 1.79. The van der Waals surface area contributed by atoms with Gasteiger partial charge in [-0.25, -0.2) is 0 Å². The maximum atomic E-state index is 13.2. The first-order valence-electron chi connectivity index (χ1n) is 11.8. The van der Waals surface area contributed by atoms with E-state index in [0.717, 1.165) is 17.5 Å². The Morgan fingerprint density at radius 2 is 1.35 bits per heavy atom. The lowest BCUT2D eigenvalue weighted by Gasteiger charge is -2.35. The van der Waals surface area contributed by atoms with Gasteiger partial charge in [0.15, 0.2) is 0 Å². The largest absolute Gasteiger partial charge is 0.461 e. The molecule has 4 nitrogen and oxygen atoms in total. The van der Waals surface area contributed by atoms with E-state index in [9.17, 15) is 9.36 Å². The Hall–Kier alpha value is -2.68. The zero-order chi connectivity index (χ0) is 24.4. The van der Waals surface area contributed by atoms with Crippen molar-refractivity contribution in [3.8, 4) is 0 Å². The average molecular weight is 479 g/mol. The van der Waals surface area contributed by atoms with Crippen LogP contribution in [0, 0.1) is 11.8 Å². The number of rotatable bonds is 12. The molecule has 5 heteroatoms. The summed E-state index contributed by atoms with van der Waals surface area (Å²) in [4.78, 5) is 13.2. The monoisotopic (exact) mass is 478 g/mol. The number of benzene rings is 3. The van der Waals surface area contributed by atoms with Crippen molar-refractivity contribution >= 4 is 14.4 Å². The van der Waals surface area contributed by atoms with Crippen LogP contribution in [0.2, 0.25) is 0 Å². The Morgan fingerprint density at radius 3 is 1.88 bits per heavy atom. The zero-order valence-corrected chi connectivity index (χ0v) is 21.4. The highest BCUT2D eigenvalue weighted by atomic mass is 31.1. The summed E-state index contributed by atoms with van der Waals surface area (Å²) in [5.74, 6) is -0.746. The fraction of sp³-hybridized carbons (Fsp3) is 0.345. The van der Waals surface area contributed by atoms with Crippen LogP contribution in [0.3, 0.4) is 0 Å². The number of ether oxygens (including phenoxy) is 2. The Morgan fingerprint density at radius 1 is 0.824 bits per heavy atom. The van der Waals surface area contributed by atoms with Crippen molar-refractivity contribution in [2.75, 3.05) is 7.11 Å². The van der Waals surface area contributed by atoms with Gasteiger partial charge < -0.3 is 14.0 Å². The molecule has 3 unspecified atom stereocenters. The van der Waals surface area contributed by atoms with Gasteiger partial charge in [0.2, 0.25) is 0 Å². The highest BCUT2D eigenvalue weighted by Gasteiger charge is 2.44. The van der Waals surface area contributed by atoms with Crippen molar-refractivity contribution in [3.05, 3.63) is 107 Å². The zero-order valence-electron chi connectivity index (χ0n) is 20.3. The van der Waals surface area contributed by atoms with Gasteiger partial charge in [-0.1, -0.05) is 98.8 Å². The predicted octanol–water partition coefficient (Wildman–Crippen LogP) is 6.32. The molecule has 0 N–H and O–H groups in total. The van der Waals surface area contributed by atoms with Crippen molar-refractivity contribution in [1.29, 1.82) is 0 Å². The first kappa shape index (κ1) is 25.9. The molecule has 0 aliphatic carbocycles. The molecule has 0 saturated carbocycles. The molecule has 0 heterocycles. The van der Waals surface area contributed by atoms with Gasteiger partial charge in [-0.15, -0.1) is 0 Å². The Labute approximate surface area is 204 Å². The quantitative estimate of drug-likeness (QED) is 0.226. The van der Waals surface area contributed by atoms with Gasteiger partial charge in [-0.05, 0) is 41.0 Å². The molecular formula is C29H35O4P. The van der Waals surface area contributed by atoms with Crippen LogP contribution >= 0.6 is 8.46 Å². The Bertz CT molecular complexity index is 1030. The van der Waals surface area contributed by atoms with E-state index in [1.165, 1.54) is 11.1 Å². The molecule has 180 valence electrons. The minimum Gasteiger partial charge on any atom is -0.461 e. The predicted molar refractivity (Wildman–Crippen MR) is 139 cm³/mol. The molecule has 0 amide bonds. The molecule has 3 rings (SSSR count). The van der Waals surface area contributed by atoms with Crippen molar-refractivity contribution in [3.63, 3.8) is 0 Å². The lowest BCUT2D eigenvalue weighted by atomic mass is 9.87. The molecule has 34 heavy (non-hydrogen) atoms. The van der Waals surface area contributed by atoms with Gasteiger partial charge in [-0.3, -0.25) is 4.79 Å². The molecular weight excluding hydrogens is 443 g/mol. The molecule has 0 spiro atoms. The Balaban J connectivity index is 1.77. The third-order valence-corrected chi connectivity index (χ3v) is 7.38. The van der Waals surface area contributed by atoms with E-state index < -0.39 is 19.7 Å². The number of methoxy groups -OCH3 is 1. The molecule has 3 aromatic carbocycles. The van der Waals surface area contributed by atoms with Gasteiger partial charge in [0.05, 0.1) is 14.4 Å². The van der Waals surface area contributed by atoms with Crippen LogP contribution in [0.25, 0.3) is 0 Å². The van der Waals surface area contributed by atoms with Crippen LogP contribution in [0.5, 0.6) is 0 Å². The summed E-state index contributed by atoms with van der Waals surface area (Å²) < 4.78 is 24.2. The highest BCUT2D eigenvalue weighted by molar-refractivity contribution is 7.25. The number of esters is 1. The van der Waals surface area contributed by atoms with E-state index in [0.29, 0.717) is 12.8 Å². The normalized spacial score (nSPS) is 14.2.